The maximum Gasteiger partial charge on any atom is 0.330 e. The fourth-order valence-electron chi connectivity index (χ4n) is 5.57. The van der Waals surface area contributed by atoms with Crippen molar-refractivity contribution in [3.8, 4) is 0 Å². The van der Waals surface area contributed by atoms with Gasteiger partial charge in [-0.1, -0.05) is 36.4 Å². The van der Waals surface area contributed by atoms with Gasteiger partial charge in [0.15, 0.2) is 17.7 Å². The predicted octanol–water partition coefficient (Wildman–Crippen LogP) is 2.12. The smallest absolute Gasteiger partial charge is 0.330 e. The summed E-state index contributed by atoms with van der Waals surface area (Å²) < 4.78 is 41.0. The molecule has 0 saturated carbocycles. The van der Waals surface area contributed by atoms with Crippen LogP contribution in [0.5, 0.6) is 0 Å². The molecule has 4 heterocycles. The van der Waals surface area contributed by atoms with Crippen LogP contribution in [0.25, 0.3) is 0 Å². The molecule has 1 aromatic carbocycles. The zero-order valence-electron chi connectivity index (χ0n) is 22.0. The van der Waals surface area contributed by atoms with E-state index in [2.05, 4.69) is 0 Å². The van der Waals surface area contributed by atoms with Gasteiger partial charge in [-0.15, -0.1) is 0 Å². The quantitative estimate of drug-likeness (QED) is 0.222. The Bertz CT molecular complexity index is 1040. The Labute approximate surface area is 216 Å². The SMILES string of the molecule is COC(=O)/C=C/[C@@H]([C@H]1OC(C)(C)O[C@H]1[C@H]1COC(C)(C)O1)N1C(=O)[C@H](OC)[C@@H]1[C@@H]1OC1c1ccccc1. The number of hydrogen-bond donors (Lipinski definition) is 0. The Morgan fingerprint density at radius 3 is 2.41 bits per heavy atom. The topological polar surface area (TPSA) is 105 Å². The Balaban J connectivity index is 1.47. The van der Waals surface area contributed by atoms with Crippen LogP contribution in [0.15, 0.2) is 42.5 Å². The Morgan fingerprint density at radius 2 is 1.78 bits per heavy atom. The maximum atomic E-state index is 13.4. The van der Waals surface area contributed by atoms with Crippen LogP contribution >= 0.6 is 0 Å². The molecule has 0 radical (unpaired) electrons. The minimum Gasteiger partial charge on any atom is -0.466 e. The normalized spacial score (nSPS) is 37.0. The van der Waals surface area contributed by atoms with E-state index in [1.54, 1.807) is 11.0 Å². The van der Waals surface area contributed by atoms with E-state index >= 15 is 0 Å². The summed E-state index contributed by atoms with van der Waals surface area (Å²) in [6.45, 7) is 7.60. The summed E-state index contributed by atoms with van der Waals surface area (Å²) in [5, 5.41) is 0. The molecule has 4 fully saturated rings. The van der Waals surface area contributed by atoms with Gasteiger partial charge in [0.25, 0.3) is 5.91 Å². The van der Waals surface area contributed by atoms with Crippen molar-refractivity contribution in [3.63, 3.8) is 0 Å². The average molecular weight is 518 g/mol. The first kappa shape index (κ1) is 26.3. The molecule has 1 aromatic rings. The van der Waals surface area contributed by atoms with E-state index in [0.717, 1.165) is 5.56 Å². The van der Waals surface area contributed by atoms with Crippen LogP contribution in [0.4, 0.5) is 0 Å². The van der Waals surface area contributed by atoms with Crippen molar-refractivity contribution in [2.24, 2.45) is 0 Å². The zero-order chi connectivity index (χ0) is 26.5. The van der Waals surface area contributed by atoms with Crippen molar-refractivity contribution in [3.05, 3.63) is 48.0 Å². The third-order valence-corrected chi connectivity index (χ3v) is 7.22. The number of benzene rings is 1. The molecule has 0 bridgehead atoms. The summed E-state index contributed by atoms with van der Waals surface area (Å²) >= 11 is 0. The number of amides is 1. The van der Waals surface area contributed by atoms with Gasteiger partial charge in [0.2, 0.25) is 0 Å². The van der Waals surface area contributed by atoms with E-state index in [9.17, 15) is 9.59 Å². The highest BCUT2D eigenvalue weighted by Gasteiger charge is 2.64. The highest BCUT2D eigenvalue weighted by Crippen LogP contribution is 2.49. The molecular weight excluding hydrogens is 482 g/mol. The van der Waals surface area contributed by atoms with Gasteiger partial charge in [-0.2, -0.15) is 0 Å². The van der Waals surface area contributed by atoms with Gasteiger partial charge in [-0.25, -0.2) is 4.79 Å². The van der Waals surface area contributed by atoms with Crippen LogP contribution in [0.1, 0.15) is 39.4 Å². The van der Waals surface area contributed by atoms with E-state index in [1.165, 1.54) is 20.3 Å². The number of β-lactam (4-membered cyclic amide) rings is 1. The van der Waals surface area contributed by atoms with E-state index in [0.29, 0.717) is 6.61 Å². The fraction of sp³-hybridized carbons (Fsp3) is 0.630. The molecule has 1 amide bonds. The number of epoxide rings is 1. The third-order valence-electron chi connectivity index (χ3n) is 7.22. The number of likely N-dealkylation sites (tertiary alicyclic amines) is 1. The summed E-state index contributed by atoms with van der Waals surface area (Å²) in [5.74, 6) is -2.48. The highest BCUT2D eigenvalue weighted by molar-refractivity contribution is 5.90. The predicted molar refractivity (Wildman–Crippen MR) is 129 cm³/mol. The molecule has 0 aliphatic carbocycles. The van der Waals surface area contributed by atoms with Crippen molar-refractivity contribution >= 4 is 11.9 Å². The minimum absolute atomic E-state index is 0.162. The number of carbonyl (C=O) groups excluding carboxylic acids is 2. The van der Waals surface area contributed by atoms with Gasteiger partial charge in [0.1, 0.15) is 30.5 Å². The molecule has 37 heavy (non-hydrogen) atoms. The van der Waals surface area contributed by atoms with Crippen molar-refractivity contribution in [1.82, 2.24) is 4.90 Å². The van der Waals surface area contributed by atoms with Crippen molar-refractivity contribution in [1.29, 1.82) is 0 Å². The molecule has 4 saturated heterocycles. The number of hydrogen-bond acceptors (Lipinski definition) is 9. The van der Waals surface area contributed by atoms with E-state index < -0.39 is 48.0 Å². The lowest BCUT2D eigenvalue weighted by atomic mass is 9.86. The first-order valence-corrected chi connectivity index (χ1v) is 12.5. The molecule has 4 aliphatic heterocycles. The summed E-state index contributed by atoms with van der Waals surface area (Å²) in [5.41, 5.74) is 1.03. The molecule has 0 N–H and O–H groups in total. The molecule has 0 spiro atoms. The summed E-state index contributed by atoms with van der Waals surface area (Å²) in [6, 6.07) is 8.78. The average Bonchev–Trinajstić information content (AvgIpc) is 3.45. The van der Waals surface area contributed by atoms with Crippen LogP contribution in [0.3, 0.4) is 0 Å². The zero-order valence-corrected chi connectivity index (χ0v) is 22.0. The molecule has 202 valence electrons. The lowest BCUT2D eigenvalue weighted by Crippen LogP contribution is -2.72. The van der Waals surface area contributed by atoms with Gasteiger partial charge >= 0.3 is 5.97 Å². The number of nitrogens with zero attached hydrogens (tertiary/aromatic N) is 1. The molecule has 0 aromatic heterocycles. The van der Waals surface area contributed by atoms with Crippen molar-refractivity contribution < 1.29 is 42.7 Å². The largest absolute Gasteiger partial charge is 0.466 e. The second-order valence-electron chi connectivity index (χ2n) is 10.6. The van der Waals surface area contributed by atoms with Crippen LogP contribution in [-0.4, -0.2) is 91.8 Å². The Kier molecular flexibility index (Phi) is 6.93. The monoisotopic (exact) mass is 517 g/mol. The molecule has 4 aliphatic rings. The van der Waals surface area contributed by atoms with Crippen molar-refractivity contribution in [2.75, 3.05) is 20.8 Å². The number of esters is 1. The fourth-order valence-corrected chi connectivity index (χ4v) is 5.57. The van der Waals surface area contributed by atoms with E-state index in [4.69, 9.17) is 33.2 Å². The number of ether oxygens (including phenoxy) is 7. The molecule has 10 nitrogen and oxygen atoms in total. The van der Waals surface area contributed by atoms with Crippen LogP contribution in [0, 0.1) is 0 Å². The van der Waals surface area contributed by atoms with Crippen LogP contribution < -0.4 is 0 Å². The highest BCUT2D eigenvalue weighted by atomic mass is 16.8. The number of rotatable bonds is 8. The summed E-state index contributed by atoms with van der Waals surface area (Å²) in [6.07, 6.45) is 0.179. The second-order valence-corrected chi connectivity index (χ2v) is 10.6. The molecular formula is C27H35NO9. The lowest BCUT2D eigenvalue weighted by Gasteiger charge is -2.50. The molecule has 5 rings (SSSR count). The standard InChI is InChI=1S/C27H35NO9/c1-26(2)33-14-17(35-26)22-21(36-27(3,4)37-22)16(12-13-18(29)31-5)28-19(24(32-6)25(28)30)23-20(34-23)15-10-8-7-9-11-15/h7-13,16-17,19-24H,14H2,1-6H3/b13-12+/t16-,17+,19-,20?,21+,22-,23-,24+/m0/s1. The summed E-state index contributed by atoms with van der Waals surface area (Å²) in [7, 11) is 2.81. The molecule has 8 atom stereocenters. The first-order valence-electron chi connectivity index (χ1n) is 12.5. The van der Waals surface area contributed by atoms with Gasteiger partial charge < -0.3 is 38.1 Å². The van der Waals surface area contributed by atoms with Gasteiger partial charge in [-0.05, 0) is 33.3 Å². The summed E-state index contributed by atoms with van der Waals surface area (Å²) in [4.78, 5) is 27.2. The van der Waals surface area contributed by atoms with E-state index in [1.807, 2.05) is 58.0 Å². The number of methoxy groups -OCH3 is 2. The second kappa shape index (κ2) is 9.76. The first-order chi connectivity index (χ1) is 17.5. The third kappa shape index (κ3) is 5.06. The number of carbonyl (C=O) groups is 2. The molecule has 1 unspecified atom stereocenters. The van der Waals surface area contributed by atoms with Crippen LogP contribution in [0.2, 0.25) is 0 Å². The van der Waals surface area contributed by atoms with Gasteiger partial charge in [-0.3, -0.25) is 4.79 Å². The van der Waals surface area contributed by atoms with Crippen LogP contribution in [-0.2, 0) is 42.7 Å². The molecule has 10 heteroatoms. The van der Waals surface area contributed by atoms with Crippen molar-refractivity contribution in [2.45, 2.75) is 88.0 Å². The van der Waals surface area contributed by atoms with Gasteiger partial charge in [0, 0.05) is 13.2 Å². The Morgan fingerprint density at radius 1 is 1.05 bits per heavy atom. The maximum absolute atomic E-state index is 13.4. The Hall–Kier alpha value is -2.34. The van der Waals surface area contributed by atoms with E-state index in [-0.39, 0.29) is 24.2 Å². The van der Waals surface area contributed by atoms with Gasteiger partial charge in [0.05, 0.1) is 25.8 Å². The lowest BCUT2D eigenvalue weighted by molar-refractivity contribution is -0.185. The minimum atomic E-state index is -0.949.